The van der Waals surface area contributed by atoms with Crippen LogP contribution in [0.15, 0.2) is 118 Å². The summed E-state index contributed by atoms with van der Waals surface area (Å²) >= 11 is 14.8. The van der Waals surface area contributed by atoms with Crippen LogP contribution in [0.4, 0.5) is 5.69 Å². The number of halogens is 2. The maximum Gasteiger partial charge on any atom is 0.184 e. The van der Waals surface area contributed by atoms with Crippen LogP contribution in [-0.4, -0.2) is 30.2 Å². The number of carbonyl (C=O) groups is 1. The lowest BCUT2D eigenvalue weighted by molar-refractivity contribution is -0.111. The maximum atomic E-state index is 14.4. The van der Waals surface area contributed by atoms with Gasteiger partial charge in [-0.3, -0.25) is 4.79 Å². The molecule has 1 unspecified atom stereocenters. The van der Waals surface area contributed by atoms with E-state index in [0.29, 0.717) is 38.3 Å². The van der Waals surface area contributed by atoms with Gasteiger partial charge in [0.1, 0.15) is 0 Å². The van der Waals surface area contributed by atoms with Gasteiger partial charge in [-0.2, -0.15) is 0 Å². The normalized spacial score (nSPS) is 15.8. The van der Waals surface area contributed by atoms with Crippen LogP contribution >= 0.6 is 35.0 Å². The molecule has 0 aliphatic carbocycles. The second-order valence-corrected chi connectivity index (χ2v) is 12.2. The van der Waals surface area contributed by atoms with Gasteiger partial charge in [-0.1, -0.05) is 83.5 Å². The number of hydrogen-bond acceptors (Lipinski definition) is 7. The molecule has 4 aromatic carbocycles. The second kappa shape index (κ2) is 12.8. The lowest BCUT2D eigenvalue weighted by atomic mass is 9.86. The minimum atomic E-state index is -0.577. The number of para-hydroxylation sites is 1. The van der Waals surface area contributed by atoms with Gasteiger partial charge in [0.2, 0.25) is 0 Å². The molecular weight excluding hydrogens is 629 g/mol. The summed E-state index contributed by atoms with van der Waals surface area (Å²) in [6.07, 6.45) is 8.98. The minimum Gasteiger partial charge on any atom is -0.504 e. The number of ether oxygens (including phenoxy) is 2. The van der Waals surface area contributed by atoms with Crippen LogP contribution < -0.4 is 14.4 Å². The third kappa shape index (κ3) is 6.07. The van der Waals surface area contributed by atoms with Crippen LogP contribution in [0.3, 0.4) is 0 Å². The fourth-order valence-corrected chi connectivity index (χ4v) is 7.01. The molecule has 0 saturated heterocycles. The molecule has 1 atom stereocenters. The van der Waals surface area contributed by atoms with Gasteiger partial charge >= 0.3 is 0 Å². The molecular formula is C36H27Cl2NO5S. The smallest absolute Gasteiger partial charge is 0.184 e. The number of phenols is 2. The summed E-state index contributed by atoms with van der Waals surface area (Å²) in [6, 6.07) is 22.7. The highest BCUT2D eigenvalue weighted by molar-refractivity contribution is 8.03. The molecule has 0 saturated carbocycles. The van der Waals surface area contributed by atoms with E-state index in [2.05, 4.69) is 11.0 Å². The summed E-state index contributed by atoms with van der Waals surface area (Å²) in [6.45, 7) is 0. The SMILES string of the molecule is COc1cc(/C=C/C(=O)C2=C(/C=C/c3ccc(O)c(OC)c3)C=C3Sc4ccccc4N3C2c2ccc(Cl)cc2Cl)ccc1O. The Morgan fingerprint density at radius 3 is 2.18 bits per heavy atom. The first-order chi connectivity index (χ1) is 21.8. The van der Waals surface area contributed by atoms with Crippen molar-refractivity contribution in [2.75, 3.05) is 19.1 Å². The first-order valence-electron chi connectivity index (χ1n) is 13.9. The molecule has 226 valence electrons. The molecule has 0 bridgehead atoms. The molecule has 2 aliphatic heterocycles. The van der Waals surface area contributed by atoms with Crippen molar-refractivity contribution in [3.8, 4) is 23.0 Å². The predicted octanol–water partition coefficient (Wildman–Crippen LogP) is 9.22. The molecule has 2 heterocycles. The van der Waals surface area contributed by atoms with Crippen molar-refractivity contribution in [1.82, 2.24) is 0 Å². The first kappa shape index (κ1) is 30.5. The number of methoxy groups -OCH3 is 2. The summed E-state index contributed by atoms with van der Waals surface area (Å²) in [5.41, 5.74) is 4.35. The third-order valence-electron chi connectivity index (χ3n) is 7.51. The van der Waals surface area contributed by atoms with E-state index in [1.54, 1.807) is 60.3 Å². The van der Waals surface area contributed by atoms with Crippen LogP contribution in [0.25, 0.3) is 12.2 Å². The third-order valence-corrected chi connectivity index (χ3v) is 9.16. The molecule has 45 heavy (non-hydrogen) atoms. The number of fused-ring (bicyclic) bond motifs is 3. The Morgan fingerprint density at radius 2 is 1.51 bits per heavy atom. The molecule has 0 fully saturated rings. The van der Waals surface area contributed by atoms with Crippen LogP contribution in [0.5, 0.6) is 23.0 Å². The van der Waals surface area contributed by atoms with Crippen molar-refractivity contribution in [2.45, 2.75) is 10.9 Å². The molecule has 6 nitrogen and oxygen atoms in total. The Hall–Kier alpha value is -4.56. The highest BCUT2D eigenvalue weighted by atomic mass is 35.5. The fraction of sp³-hybridized carbons (Fsp3) is 0.0833. The second-order valence-electron chi connectivity index (χ2n) is 10.3. The number of rotatable bonds is 8. The van der Waals surface area contributed by atoms with Gasteiger partial charge in [-0.25, -0.2) is 0 Å². The number of phenolic OH excluding ortho intramolecular Hbond substituents is 2. The van der Waals surface area contributed by atoms with Gasteiger partial charge in [0.15, 0.2) is 28.8 Å². The van der Waals surface area contributed by atoms with Gasteiger partial charge in [0, 0.05) is 20.5 Å². The minimum absolute atomic E-state index is 0.00885. The molecule has 0 spiro atoms. The molecule has 9 heteroatoms. The van der Waals surface area contributed by atoms with Crippen molar-refractivity contribution in [3.05, 3.63) is 140 Å². The van der Waals surface area contributed by atoms with Gasteiger partial charge in [-0.15, -0.1) is 0 Å². The van der Waals surface area contributed by atoms with Crippen molar-refractivity contribution < 1.29 is 24.5 Å². The highest BCUT2D eigenvalue weighted by Gasteiger charge is 2.40. The first-order valence-corrected chi connectivity index (χ1v) is 15.5. The molecule has 0 amide bonds. The predicted molar refractivity (Wildman–Crippen MR) is 181 cm³/mol. The van der Waals surface area contributed by atoms with E-state index >= 15 is 0 Å². The van der Waals surface area contributed by atoms with E-state index in [1.165, 1.54) is 26.4 Å². The zero-order chi connectivity index (χ0) is 31.7. The van der Waals surface area contributed by atoms with Crippen LogP contribution in [0.2, 0.25) is 10.0 Å². The summed E-state index contributed by atoms with van der Waals surface area (Å²) in [5, 5.41) is 22.0. The number of benzene rings is 4. The Bertz CT molecular complexity index is 1950. The van der Waals surface area contributed by atoms with Crippen LogP contribution in [-0.2, 0) is 4.79 Å². The van der Waals surface area contributed by atoms with Gasteiger partial charge in [0.25, 0.3) is 0 Å². The lowest BCUT2D eigenvalue weighted by Gasteiger charge is -2.36. The van der Waals surface area contributed by atoms with Gasteiger partial charge < -0.3 is 24.6 Å². The van der Waals surface area contributed by atoms with E-state index in [0.717, 1.165) is 26.7 Å². The topological polar surface area (TPSA) is 79.2 Å². The fourth-order valence-electron chi connectivity index (χ4n) is 5.36. The highest BCUT2D eigenvalue weighted by Crippen LogP contribution is 2.55. The van der Waals surface area contributed by atoms with E-state index in [9.17, 15) is 15.0 Å². The van der Waals surface area contributed by atoms with Crippen LogP contribution in [0, 0.1) is 0 Å². The number of thioether (sulfide) groups is 1. The monoisotopic (exact) mass is 655 g/mol. The average Bonchev–Trinajstić information content (AvgIpc) is 3.41. The molecule has 6 rings (SSSR count). The van der Waals surface area contributed by atoms with Crippen molar-refractivity contribution in [1.29, 1.82) is 0 Å². The number of anilines is 1. The molecule has 0 radical (unpaired) electrons. The van der Waals surface area contributed by atoms with Crippen LogP contribution in [0.1, 0.15) is 22.7 Å². The molecule has 4 aromatic rings. The number of aromatic hydroxyl groups is 2. The molecule has 0 aromatic heterocycles. The van der Waals surface area contributed by atoms with E-state index < -0.39 is 6.04 Å². The van der Waals surface area contributed by atoms with Crippen molar-refractivity contribution in [2.24, 2.45) is 0 Å². The zero-order valence-electron chi connectivity index (χ0n) is 24.2. The number of hydrogen-bond donors (Lipinski definition) is 2. The largest absolute Gasteiger partial charge is 0.504 e. The molecule has 2 aliphatic rings. The number of allylic oxidation sites excluding steroid dienone is 4. The quantitative estimate of drug-likeness (QED) is 0.183. The van der Waals surface area contributed by atoms with E-state index in [-0.39, 0.29) is 17.3 Å². The van der Waals surface area contributed by atoms with Crippen molar-refractivity contribution in [3.63, 3.8) is 0 Å². The summed E-state index contributed by atoms with van der Waals surface area (Å²) in [7, 11) is 2.96. The van der Waals surface area contributed by atoms with Gasteiger partial charge in [-0.05, 0) is 82.9 Å². The zero-order valence-corrected chi connectivity index (χ0v) is 26.5. The van der Waals surface area contributed by atoms with E-state index in [4.69, 9.17) is 32.7 Å². The standard InChI is InChI=1S/C36H27Cl2NO5S/c1-43-31-17-21(8-14-28(31)40)7-11-23-19-34-39(27-5-3-4-6-33(27)45-34)36(25-13-12-24(37)20-26(25)38)35(23)30(42)16-10-22-9-15-29(41)32(18-22)44-2/h3-20,36,40-41H,1-2H3/b11-7+,16-10+. The molecule has 2 N–H and O–H groups in total. The Labute approximate surface area is 275 Å². The average molecular weight is 657 g/mol. The van der Waals surface area contributed by atoms with Gasteiger partial charge in [0.05, 0.1) is 31.0 Å². The summed E-state index contributed by atoms with van der Waals surface area (Å²) in [5.74, 6) is 0.461. The lowest BCUT2D eigenvalue weighted by Crippen LogP contribution is -2.32. The summed E-state index contributed by atoms with van der Waals surface area (Å²) < 4.78 is 10.5. The Balaban J connectivity index is 1.53. The van der Waals surface area contributed by atoms with E-state index in [1.807, 2.05) is 42.5 Å². The number of carbonyl (C=O) groups excluding carboxylic acids is 1. The van der Waals surface area contributed by atoms with Crippen molar-refractivity contribution >= 4 is 58.6 Å². The number of nitrogens with zero attached hydrogens (tertiary/aromatic N) is 1. The summed E-state index contributed by atoms with van der Waals surface area (Å²) in [4.78, 5) is 17.6. The Kier molecular flexibility index (Phi) is 8.67. The number of ketones is 1. The Morgan fingerprint density at radius 1 is 0.844 bits per heavy atom. The maximum absolute atomic E-state index is 14.4.